The largest absolute Gasteiger partial charge is 0.398 e. The fourth-order valence-corrected chi connectivity index (χ4v) is 2.93. The maximum atomic E-state index is 6.21. The van der Waals surface area contributed by atoms with E-state index in [9.17, 15) is 0 Å². The lowest BCUT2D eigenvalue weighted by Crippen LogP contribution is -2.31. The van der Waals surface area contributed by atoms with Gasteiger partial charge in [0.1, 0.15) is 5.82 Å². The van der Waals surface area contributed by atoms with Crippen LogP contribution in [0.5, 0.6) is 0 Å². The molecule has 3 nitrogen and oxygen atoms in total. The SMILES string of the molecule is Nc1cccc2c1CN(c1ncc(Cl)cc1Cl)CC2. The molecular weight excluding hydrogens is 281 g/mol. The maximum Gasteiger partial charge on any atom is 0.147 e. The van der Waals surface area contributed by atoms with Crippen LogP contribution in [0.15, 0.2) is 30.5 Å². The summed E-state index contributed by atoms with van der Waals surface area (Å²) in [7, 11) is 0. The van der Waals surface area contributed by atoms with Crippen LogP contribution in [0.2, 0.25) is 10.0 Å². The van der Waals surface area contributed by atoms with Crippen LogP contribution in [-0.2, 0) is 13.0 Å². The highest BCUT2D eigenvalue weighted by molar-refractivity contribution is 6.36. The summed E-state index contributed by atoms with van der Waals surface area (Å²) >= 11 is 12.1. The predicted octanol–water partition coefficient (Wildman–Crippen LogP) is 3.53. The van der Waals surface area contributed by atoms with Crippen molar-refractivity contribution in [3.8, 4) is 0 Å². The van der Waals surface area contributed by atoms with Crippen molar-refractivity contribution in [1.29, 1.82) is 0 Å². The van der Waals surface area contributed by atoms with Gasteiger partial charge in [0, 0.05) is 25.0 Å². The number of benzene rings is 1. The first kappa shape index (κ1) is 12.6. The number of anilines is 2. The molecule has 1 aromatic carbocycles. The average molecular weight is 294 g/mol. The number of aromatic nitrogens is 1. The number of nitrogen functional groups attached to an aromatic ring is 1. The van der Waals surface area contributed by atoms with Crippen molar-refractivity contribution < 1.29 is 0 Å². The van der Waals surface area contributed by atoms with E-state index < -0.39 is 0 Å². The first-order valence-corrected chi connectivity index (χ1v) is 6.83. The van der Waals surface area contributed by atoms with Gasteiger partial charge >= 0.3 is 0 Å². The van der Waals surface area contributed by atoms with Gasteiger partial charge in [-0.3, -0.25) is 0 Å². The fourth-order valence-electron chi connectivity index (χ4n) is 2.43. The zero-order chi connectivity index (χ0) is 13.4. The molecule has 0 radical (unpaired) electrons. The van der Waals surface area contributed by atoms with Gasteiger partial charge in [0.2, 0.25) is 0 Å². The summed E-state index contributed by atoms with van der Waals surface area (Å²) in [5.41, 5.74) is 9.34. The van der Waals surface area contributed by atoms with Crippen LogP contribution in [0.25, 0.3) is 0 Å². The van der Waals surface area contributed by atoms with Gasteiger partial charge < -0.3 is 10.6 Å². The van der Waals surface area contributed by atoms with Crippen LogP contribution < -0.4 is 10.6 Å². The summed E-state index contributed by atoms with van der Waals surface area (Å²) < 4.78 is 0. The standard InChI is InChI=1S/C14H13Cl2N3/c15-10-6-12(16)14(18-7-10)19-5-4-9-2-1-3-13(17)11(9)8-19/h1-3,6-7H,4-5,8,17H2. The Kier molecular flexibility index (Phi) is 3.25. The third-order valence-electron chi connectivity index (χ3n) is 3.40. The van der Waals surface area contributed by atoms with E-state index in [1.807, 2.05) is 12.1 Å². The Hall–Kier alpha value is -1.45. The summed E-state index contributed by atoms with van der Waals surface area (Å²) in [5.74, 6) is 0.764. The van der Waals surface area contributed by atoms with Gasteiger partial charge in [0.15, 0.2) is 0 Å². The second-order valence-corrected chi connectivity index (χ2v) is 5.46. The number of nitrogens with two attached hydrogens (primary N) is 1. The Balaban J connectivity index is 1.95. The van der Waals surface area contributed by atoms with Crippen LogP contribution in [-0.4, -0.2) is 11.5 Å². The van der Waals surface area contributed by atoms with Gasteiger partial charge in [-0.2, -0.15) is 0 Å². The predicted molar refractivity (Wildman–Crippen MR) is 79.9 cm³/mol. The highest BCUT2D eigenvalue weighted by Crippen LogP contribution is 2.31. The number of pyridine rings is 1. The molecule has 1 aromatic heterocycles. The highest BCUT2D eigenvalue weighted by Gasteiger charge is 2.20. The summed E-state index contributed by atoms with van der Waals surface area (Å²) in [6, 6.07) is 7.77. The van der Waals surface area contributed by atoms with Crippen molar-refractivity contribution in [2.45, 2.75) is 13.0 Å². The molecule has 0 saturated carbocycles. The number of nitrogens with zero attached hydrogens (tertiary/aromatic N) is 2. The molecule has 1 aliphatic rings. The summed E-state index contributed by atoms with van der Waals surface area (Å²) in [4.78, 5) is 6.46. The number of hydrogen-bond donors (Lipinski definition) is 1. The molecule has 2 aromatic rings. The van der Waals surface area contributed by atoms with Crippen molar-refractivity contribution in [3.63, 3.8) is 0 Å². The van der Waals surface area contributed by atoms with E-state index in [0.717, 1.165) is 31.0 Å². The van der Waals surface area contributed by atoms with Gasteiger partial charge in [-0.1, -0.05) is 35.3 Å². The van der Waals surface area contributed by atoms with E-state index in [1.165, 1.54) is 11.1 Å². The minimum Gasteiger partial charge on any atom is -0.398 e. The van der Waals surface area contributed by atoms with Gasteiger partial charge in [-0.25, -0.2) is 4.98 Å². The van der Waals surface area contributed by atoms with E-state index in [4.69, 9.17) is 28.9 Å². The summed E-state index contributed by atoms with van der Waals surface area (Å²) in [6.45, 7) is 1.61. The second-order valence-electron chi connectivity index (χ2n) is 4.62. The van der Waals surface area contributed by atoms with E-state index in [1.54, 1.807) is 12.3 Å². The minimum atomic E-state index is 0.547. The molecule has 0 fully saturated rings. The lowest BCUT2D eigenvalue weighted by atomic mass is 9.98. The van der Waals surface area contributed by atoms with Crippen molar-refractivity contribution in [1.82, 2.24) is 4.98 Å². The normalized spacial score (nSPS) is 14.3. The molecular formula is C14H13Cl2N3. The Morgan fingerprint density at radius 2 is 2.11 bits per heavy atom. The fraction of sp³-hybridized carbons (Fsp3) is 0.214. The Morgan fingerprint density at radius 1 is 1.26 bits per heavy atom. The monoisotopic (exact) mass is 293 g/mol. The molecule has 2 heterocycles. The first-order chi connectivity index (χ1) is 9.15. The second kappa shape index (κ2) is 4.91. The molecule has 0 aliphatic carbocycles. The molecule has 2 N–H and O–H groups in total. The van der Waals surface area contributed by atoms with Gasteiger partial charge in [-0.15, -0.1) is 0 Å². The van der Waals surface area contributed by atoms with Crippen LogP contribution in [0.4, 0.5) is 11.5 Å². The highest BCUT2D eigenvalue weighted by atomic mass is 35.5. The van der Waals surface area contributed by atoms with Crippen molar-refractivity contribution in [3.05, 3.63) is 51.6 Å². The molecule has 19 heavy (non-hydrogen) atoms. The molecule has 3 rings (SSSR count). The third kappa shape index (κ3) is 2.36. The molecule has 0 unspecified atom stereocenters. The smallest absolute Gasteiger partial charge is 0.147 e. The topological polar surface area (TPSA) is 42.1 Å². The van der Waals surface area contributed by atoms with E-state index in [2.05, 4.69) is 16.0 Å². The molecule has 98 valence electrons. The molecule has 5 heteroatoms. The zero-order valence-electron chi connectivity index (χ0n) is 10.2. The summed E-state index contributed by atoms with van der Waals surface area (Å²) in [5, 5.41) is 1.12. The van der Waals surface area contributed by atoms with Crippen LogP contribution >= 0.6 is 23.2 Å². The number of hydrogen-bond acceptors (Lipinski definition) is 3. The lowest BCUT2D eigenvalue weighted by Gasteiger charge is -2.31. The first-order valence-electron chi connectivity index (χ1n) is 6.07. The number of fused-ring (bicyclic) bond motifs is 1. The Morgan fingerprint density at radius 3 is 2.89 bits per heavy atom. The molecule has 1 aliphatic heterocycles. The molecule has 0 saturated heterocycles. The Bertz CT molecular complexity index is 628. The van der Waals surface area contributed by atoms with Gasteiger partial charge in [-0.05, 0) is 29.7 Å². The number of rotatable bonds is 1. The third-order valence-corrected chi connectivity index (χ3v) is 3.88. The van der Waals surface area contributed by atoms with Gasteiger partial charge in [0.25, 0.3) is 0 Å². The van der Waals surface area contributed by atoms with Crippen LogP contribution in [0.3, 0.4) is 0 Å². The lowest BCUT2D eigenvalue weighted by molar-refractivity contribution is 0.723. The average Bonchev–Trinajstić information content (AvgIpc) is 2.39. The molecule has 0 spiro atoms. The van der Waals surface area contributed by atoms with E-state index in [-0.39, 0.29) is 0 Å². The maximum absolute atomic E-state index is 6.21. The zero-order valence-corrected chi connectivity index (χ0v) is 11.7. The van der Waals surface area contributed by atoms with Crippen molar-refractivity contribution in [2.75, 3.05) is 17.2 Å². The molecule has 0 amide bonds. The quantitative estimate of drug-likeness (QED) is 0.818. The van der Waals surface area contributed by atoms with Gasteiger partial charge in [0.05, 0.1) is 10.0 Å². The van der Waals surface area contributed by atoms with Crippen LogP contribution in [0.1, 0.15) is 11.1 Å². The van der Waals surface area contributed by atoms with Crippen LogP contribution in [0, 0.1) is 0 Å². The summed E-state index contributed by atoms with van der Waals surface area (Å²) in [6.07, 6.45) is 2.56. The number of halogens is 2. The van der Waals surface area contributed by atoms with E-state index >= 15 is 0 Å². The van der Waals surface area contributed by atoms with Crippen molar-refractivity contribution >= 4 is 34.7 Å². The molecule has 0 bridgehead atoms. The van der Waals surface area contributed by atoms with E-state index in [0.29, 0.717) is 10.0 Å². The minimum absolute atomic E-state index is 0.547. The Labute approximate surface area is 122 Å². The molecule has 0 atom stereocenters. The van der Waals surface area contributed by atoms with Crippen molar-refractivity contribution in [2.24, 2.45) is 0 Å².